The number of morpholine rings is 1. The molecule has 6 heteroatoms. The summed E-state index contributed by atoms with van der Waals surface area (Å²) in [5, 5.41) is 13.1. The third-order valence-corrected chi connectivity index (χ3v) is 6.19. The van der Waals surface area contributed by atoms with E-state index < -0.39 is 0 Å². The first-order valence-corrected chi connectivity index (χ1v) is 11.5. The maximum absolute atomic E-state index is 12.4. The number of nitrogens with one attached hydrogen (secondary N) is 1. The third kappa shape index (κ3) is 5.40. The molecule has 2 aromatic carbocycles. The van der Waals surface area contributed by atoms with Crippen molar-refractivity contribution in [2.24, 2.45) is 5.16 Å². The van der Waals surface area contributed by atoms with Gasteiger partial charge in [-0.05, 0) is 42.9 Å². The van der Waals surface area contributed by atoms with Crippen molar-refractivity contribution in [2.75, 3.05) is 32.9 Å². The molecule has 0 radical (unpaired) electrons. The molecule has 4 rings (SSSR count). The van der Waals surface area contributed by atoms with Crippen molar-refractivity contribution in [3.63, 3.8) is 0 Å². The maximum atomic E-state index is 12.4. The van der Waals surface area contributed by atoms with Crippen LogP contribution in [0.5, 0.6) is 0 Å². The Hall–Kier alpha value is -3.25. The molecule has 172 valence electrons. The Morgan fingerprint density at radius 2 is 1.76 bits per heavy atom. The lowest BCUT2D eigenvalue weighted by atomic mass is 9.76. The summed E-state index contributed by atoms with van der Waals surface area (Å²) < 4.78 is 5.31. The molecule has 0 aromatic heterocycles. The fourth-order valence-electron chi connectivity index (χ4n) is 4.63. The average molecular weight is 446 g/mol. The molecule has 2 fully saturated rings. The number of ether oxygens (including phenoxy) is 1. The monoisotopic (exact) mass is 445 g/mol. The standard InChI is InChI=1S/C27H31N3O3/c1-19(2)27-24(28)16-21(23-11-7-6-10-22(23)20-8-4-3-5-9-20)17-25(27)29-33-18-26(31)30-12-14-32-15-13-30/h3-11,21,28H,12-18H2,1-2H3/b28-24?,29-25+. The number of nitrogens with zero attached hydrogens (tertiary/aromatic N) is 2. The van der Waals surface area contributed by atoms with Gasteiger partial charge in [-0.15, -0.1) is 0 Å². The number of benzene rings is 2. The normalized spacial score (nSPS) is 20.1. The van der Waals surface area contributed by atoms with E-state index in [0.29, 0.717) is 44.9 Å². The molecule has 33 heavy (non-hydrogen) atoms. The van der Waals surface area contributed by atoms with E-state index in [4.69, 9.17) is 15.0 Å². The summed E-state index contributed by atoms with van der Waals surface area (Å²) in [5.41, 5.74) is 6.75. The number of carbonyl (C=O) groups is 1. The Bertz CT molecular complexity index is 1070. The van der Waals surface area contributed by atoms with Gasteiger partial charge in [-0.25, -0.2) is 0 Å². The van der Waals surface area contributed by atoms with E-state index in [0.717, 1.165) is 16.9 Å². The first-order chi connectivity index (χ1) is 16.0. The first-order valence-electron chi connectivity index (χ1n) is 11.5. The minimum Gasteiger partial charge on any atom is -0.385 e. The van der Waals surface area contributed by atoms with Crippen molar-refractivity contribution in [1.82, 2.24) is 4.90 Å². The molecular weight excluding hydrogens is 414 g/mol. The molecule has 1 heterocycles. The van der Waals surface area contributed by atoms with Crippen molar-refractivity contribution in [2.45, 2.75) is 32.6 Å². The Balaban J connectivity index is 1.56. The highest BCUT2D eigenvalue weighted by molar-refractivity contribution is 6.25. The topological polar surface area (TPSA) is 75.0 Å². The third-order valence-electron chi connectivity index (χ3n) is 6.19. The van der Waals surface area contributed by atoms with Crippen molar-refractivity contribution >= 4 is 17.3 Å². The van der Waals surface area contributed by atoms with E-state index in [9.17, 15) is 4.79 Å². The molecule has 2 aromatic rings. The molecule has 0 bridgehead atoms. The molecule has 1 atom stereocenters. The summed E-state index contributed by atoms with van der Waals surface area (Å²) in [6.07, 6.45) is 1.31. The number of hydrogen-bond donors (Lipinski definition) is 1. The summed E-state index contributed by atoms with van der Waals surface area (Å²) in [5.74, 6) is 0.0348. The van der Waals surface area contributed by atoms with Crippen LogP contribution in [0.1, 0.15) is 38.2 Å². The number of oxime groups is 1. The lowest BCUT2D eigenvalue weighted by Gasteiger charge is -2.29. The van der Waals surface area contributed by atoms with Crippen molar-refractivity contribution in [1.29, 1.82) is 5.41 Å². The van der Waals surface area contributed by atoms with Gasteiger partial charge in [0.2, 0.25) is 0 Å². The largest absolute Gasteiger partial charge is 0.385 e. The second-order valence-corrected chi connectivity index (χ2v) is 8.72. The van der Waals surface area contributed by atoms with Gasteiger partial charge >= 0.3 is 0 Å². The summed E-state index contributed by atoms with van der Waals surface area (Å²) in [4.78, 5) is 19.7. The second-order valence-electron chi connectivity index (χ2n) is 8.72. The van der Waals surface area contributed by atoms with Gasteiger partial charge in [0.1, 0.15) is 0 Å². The molecule has 0 spiro atoms. The van der Waals surface area contributed by atoms with Crippen LogP contribution in [0.25, 0.3) is 11.1 Å². The fourth-order valence-corrected chi connectivity index (χ4v) is 4.63. The van der Waals surface area contributed by atoms with Gasteiger partial charge in [0.25, 0.3) is 5.91 Å². The predicted octanol–water partition coefficient (Wildman–Crippen LogP) is 4.82. The molecule has 1 saturated carbocycles. The average Bonchev–Trinajstić information content (AvgIpc) is 2.84. The highest BCUT2D eigenvalue weighted by atomic mass is 16.6. The Labute approximate surface area is 195 Å². The number of allylic oxidation sites excluding steroid dienone is 2. The van der Waals surface area contributed by atoms with Crippen molar-refractivity contribution in [3.05, 3.63) is 71.3 Å². The van der Waals surface area contributed by atoms with Gasteiger partial charge in [0.15, 0.2) is 6.61 Å². The zero-order valence-corrected chi connectivity index (χ0v) is 19.3. The fraction of sp³-hybridized carbons (Fsp3) is 0.370. The molecule has 1 aliphatic carbocycles. The number of carbonyl (C=O) groups excluding carboxylic acids is 1. The lowest BCUT2D eigenvalue weighted by Crippen LogP contribution is -2.42. The molecule has 1 unspecified atom stereocenters. The molecule has 2 aliphatic rings. The van der Waals surface area contributed by atoms with Crippen molar-refractivity contribution < 1.29 is 14.4 Å². The van der Waals surface area contributed by atoms with Gasteiger partial charge in [0, 0.05) is 30.8 Å². The van der Waals surface area contributed by atoms with E-state index in [1.165, 1.54) is 16.7 Å². The zero-order chi connectivity index (χ0) is 23.2. The SMILES string of the molecule is CC(C)=C1C(=N)CC(c2ccccc2-c2ccccc2)C/C1=N\OCC(=O)N1CCOCC1. The van der Waals surface area contributed by atoms with Gasteiger partial charge < -0.3 is 19.9 Å². The van der Waals surface area contributed by atoms with Crippen LogP contribution < -0.4 is 0 Å². The highest BCUT2D eigenvalue weighted by Gasteiger charge is 2.30. The van der Waals surface area contributed by atoms with Gasteiger partial charge in [0.05, 0.1) is 18.9 Å². The number of rotatable bonds is 5. The van der Waals surface area contributed by atoms with Gasteiger partial charge in [-0.3, -0.25) is 4.79 Å². The minimum atomic E-state index is -0.0991. The first kappa shape index (κ1) is 22.9. The Kier molecular flexibility index (Phi) is 7.35. The molecule has 1 amide bonds. The zero-order valence-electron chi connectivity index (χ0n) is 19.3. The van der Waals surface area contributed by atoms with Crippen LogP contribution in [0, 0.1) is 5.41 Å². The summed E-state index contributed by atoms with van der Waals surface area (Å²) in [6.45, 7) is 6.18. The number of amides is 1. The Morgan fingerprint density at radius 1 is 1.06 bits per heavy atom. The summed E-state index contributed by atoms with van der Waals surface area (Å²) >= 11 is 0. The molecular formula is C27H31N3O3. The van der Waals surface area contributed by atoms with E-state index in [-0.39, 0.29) is 18.4 Å². The van der Waals surface area contributed by atoms with Gasteiger partial charge in [-0.1, -0.05) is 65.3 Å². The molecule has 1 saturated heterocycles. The summed E-state index contributed by atoms with van der Waals surface area (Å²) in [6, 6.07) is 18.7. The van der Waals surface area contributed by atoms with Crippen molar-refractivity contribution in [3.8, 4) is 11.1 Å². The van der Waals surface area contributed by atoms with Crippen LogP contribution in [0.4, 0.5) is 0 Å². The maximum Gasteiger partial charge on any atom is 0.263 e. The van der Waals surface area contributed by atoms with Gasteiger partial charge in [-0.2, -0.15) is 0 Å². The van der Waals surface area contributed by atoms with Crippen LogP contribution in [-0.2, 0) is 14.4 Å². The Morgan fingerprint density at radius 3 is 2.48 bits per heavy atom. The minimum absolute atomic E-state index is 0.0849. The predicted molar refractivity (Wildman–Crippen MR) is 131 cm³/mol. The number of hydrogen-bond acceptors (Lipinski definition) is 5. The smallest absolute Gasteiger partial charge is 0.263 e. The van der Waals surface area contributed by atoms with E-state index in [1.807, 2.05) is 32.0 Å². The lowest BCUT2D eigenvalue weighted by molar-refractivity contribution is -0.140. The molecule has 1 N–H and O–H groups in total. The van der Waals surface area contributed by atoms with E-state index >= 15 is 0 Å². The van der Waals surface area contributed by atoms with Crippen LogP contribution in [-0.4, -0.2) is 55.1 Å². The summed E-state index contributed by atoms with van der Waals surface area (Å²) in [7, 11) is 0. The quantitative estimate of drug-likeness (QED) is 0.671. The second kappa shape index (κ2) is 10.6. The molecule has 6 nitrogen and oxygen atoms in total. The van der Waals surface area contributed by atoms with Crippen LogP contribution >= 0.6 is 0 Å². The molecule has 1 aliphatic heterocycles. The van der Waals surface area contributed by atoms with E-state index in [1.54, 1.807) is 4.90 Å². The van der Waals surface area contributed by atoms with E-state index in [2.05, 4.69) is 41.6 Å². The van der Waals surface area contributed by atoms with Crippen LogP contribution in [0.2, 0.25) is 0 Å². The van der Waals surface area contributed by atoms with Crippen LogP contribution in [0.3, 0.4) is 0 Å². The van der Waals surface area contributed by atoms with Crippen LogP contribution in [0.15, 0.2) is 70.9 Å². The highest BCUT2D eigenvalue weighted by Crippen LogP contribution is 2.38.